The van der Waals surface area contributed by atoms with Crippen molar-refractivity contribution in [2.45, 2.75) is 52.1 Å². The third-order valence-corrected chi connectivity index (χ3v) is 2.12. The molecule has 0 spiro atoms. The van der Waals surface area contributed by atoms with Gasteiger partial charge < -0.3 is 15.7 Å². The van der Waals surface area contributed by atoms with Gasteiger partial charge in [-0.2, -0.15) is 0 Å². The minimum absolute atomic E-state index is 0.0293. The van der Waals surface area contributed by atoms with Gasteiger partial charge in [-0.1, -0.05) is 13.8 Å². The Hall–Kier alpha value is -0.610. The van der Waals surface area contributed by atoms with Gasteiger partial charge in [0.25, 0.3) is 0 Å². The number of carbonyl (C=O) groups is 1. The van der Waals surface area contributed by atoms with Crippen LogP contribution in [0, 0.1) is 0 Å². The number of rotatable bonds is 7. The van der Waals surface area contributed by atoms with Crippen molar-refractivity contribution < 1.29 is 9.90 Å². The van der Waals surface area contributed by atoms with E-state index in [0.717, 1.165) is 0 Å². The molecule has 1 amide bonds. The Morgan fingerprint density at radius 1 is 1.40 bits per heavy atom. The summed E-state index contributed by atoms with van der Waals surface area (Å²) in [5.41, 5.74) is -0.316. The van der Waals surface area contributed by atoms with Crippen molar-refractivity contribution in [3.63, 3.8) is 0 Å². The van der Waals surface area contributed by atoms with Gasteiger partial charge in [-0.15, -0.1) is 0 Å². The van der Waals surface area contributed by atoms with E-state index < -0.39 is 0 Å². The summed E-state index contributed by atoms with van der Waals surface area (Å²) in [5, 5.41) is 14.9. The van der Waals surface area contributed by atoms with Crippen LogP contribution in [0.4, 0.5) is 0 Å². The highest BCUT2D eigenvalue weighted by Crippen LogP contribution is 2.07. The van der Waals surface area contributed by atoms with Crippen molar-refractivity contribution >= 4 is 5.91 Å². The standard InChI is InChI=1S/C11H24N2O2/c1-9(2)12-7-5-10(15)13-11(3,4)6-8-14/h9,12,14H,5-8H2,1-4H3,(H,13,15). The molecule has 0 aromatic heterocycles. The predicted molar refractivity (Wildman–Crippen MR) is 61.7 cm³/mol. The van der Waals surface area contributed by atoms with Crippen LogP contribution in [0.1, 0.15) is 40.5 Å². The molecule has 0 aromatic carbocycles. The fraction of sp³-hybridized carbons (Fsp3) is 0.909. The molecule has 15 heavy (non-hydrogen) atoms. The van der Waals surface area contributed by atoms with Gasteiger partial charge in [0, 0.05) is 31.2 Å². The molecule has 0 aliphatic rings. The Kier molecular flexibility index (Phi) is 6.52. The van der Waals surface area contributed by atoms with Crippen LogP contribution >= 0.6 is 0 Å². The lowest BCUT2D eigenvalue weighted by atomic mass is 10.0. The van der Waals surface area contributed by atoms with Crippen molar-refractivity contribution in [1.82, 2.24) is 10.6 Å². The van der Waals surface area contributed by atoms with Crippen molar-refractivity contribution in [2.75, 3.05) is 13.2 Å². The maximum absolute atomic E-state index is 11.5. The molecule has 0 saturated heterocycles. The van der Waals surface area contributed by atoms with Crippen LogP contribution in [-0.4, -0.2) is 35.7 Å². The van der Waals surface area contributed by atoms with Crippen LogP contribution in [0.25, 0.3) is 0 Å². The van der Waals surface area contributed by atoms with Crippen LogP contribution in [-0.2, 0) is 4.79 Å². The fourth-order valence-corrected chi connectivity index (χ4v) is 1.26. The first-order valence-corrected chi connectivity index (χ1v) is 5.52. The number of hydrogen-bond donors (Lipinski definition) is 3. The molecule has 0 radical (unpaired) electrons. The van der Waals surface area contributed by atoms with Crippen LogP contribution in [0.15, 0.2) is 0 Å². The van der Waals surface area contributed by atoms with E-state index in [0.29, 0.717) is 25.4 Å². The van der Waals surface area contributed by atoms with Gasteiger partial charge in [0.15, 0.2) is 0 Å². The summed E-state index contributed by atoms with van der Waals surface area (Å²) in [6.07, 6.45) is 1.06. The lowest BCUT2D eigenvalue weighted by molar-refractivity contribution is -0.122. The number of amides is 1. The van der Waals surface area contributed by atoms with Crippen molar-refractivity contribution in [2.24, 2.45) is 0 Å². The maximum Gasteiger partial charge on any atom is 0.221 e. The number of aliphatic hydroxyl groups excluding tert-OH is 1. The van der Waals surface area contributed by atoms with E-state index in [2.05, 4.69) is 10.6 Å². The van der Waals surface area contributed by atoms with Crippen LogP contribution in [0.3, 0.4) is 0 Å². The van der Waals surface area contributed by atoms with E-state index in [9.17, 15) is 4.79 Å². The molecule has 4 heteroatoms. The maximum atomic E-state index is 11.5. The molecule has 0 aliphatic heterocycles. The van der Waals surface area contributed by atoms with Gasteiger partial charge in [-0.25, -0.2) is 0 Å². The Balaban J connectivity index is 3.73. The second-order valence-corrected chi connectivity index (χ2v) is 4.76. The molecule has 0 aliphatic carbocycles. The number of nitrogens with one attached hydrogen (secondary N) is 2. The quantitative estimate of drug-likeness (QED) is 0.585. The van der Waals surface area contributed by atoms with Crippen LogP contribution in [0.5, 0.6) is 0 Å². The molecule has 0 atom stereocenters. The van der Waals surface area contributed by atoms with Crippen molar-refractivity contribution in [3.8, 4) is 0 Å². The summed E-state index contributed by atoms with van der Waals surface area (Å²) in [6.45, 7) is 8.71. The first kappa shape index (κ1) is 14.4. The van der Waals surface area contributed by atoms with E-state index in [-0.39, 0.29) is 18.1 Å². The molecule has 0 saturated carbocycles. The van der Waals surface area contributed by atoms with E-state index in [1.54, 1.807) is 0 Å². The third kappa shape index (κ3) is 8.39. The van der Waals surface area contributed by atoms with E-state index in [4.69, 9.17) is 5.11 Å². The normalized spacial score (nSPS) is 11.9. The van der Waals surface area contributed by atoms with Crippen molar-refractivity contribution in [3.05, 3.63) is 0 Å². The van der Waals surface area contributed by atoms with E-state index in [1.807, 2.05) is 27.7 Å². The van der Waals surface area contributed by atoms with E-state index in [1.165, 1.54) is 0 Å². The van der Waals surface area contributed by atoms with Gasteiger partial charge in [-0.05, 0) is 20.3 Å². The molecular weight excluding hydrogens is 192 g/mol. The average Bonchev–Trinajstić information content (AvgIpc) is 2.01. The predicted octanol–water partition coefficient (Wildman–Crippen LogP) is 0.652. The average molecular weight is 216 g/mol. The second kappa shape index (κ2) is 6.80. The lowest BCUT2D eigenvalue weighted by Gasteiger charge is -2.25. The van der Waals surface area contributed by atoms with Crippen LogP contribution < -0.4 is 10.6 Å². The highest BCUT2D eigenvalue weighted by Gasteiger charge is 2.18. The Bertz CT molecular complexity index is 191. The number of aliphatic hydroxyl groups is 1. The van der Waals surface area contributed by atoms with Gasteiger partial charge in [0.05, 0.1) is 0 Å². The summed E-state index contributed by atoms with van der Waals surface area (Å²) in [5.74, 6) is 0.0293. The molecule has 4 nitrogen and oxygen atoms in total. The topological polar surface area (TPSA) is 61.4 Å². The molecule has 90 valence electrons. The summed E-state index contributed by atoms with van der Waals surface area (Å²) < 4.78 is 0. The fourth-order valence-electron chi connectivity index (χ4n) is 1.26. The van der Waals surface area contributed by atoms with Gasteiger partial charge in [-0.3, -0.25) is 4.79 Å². The first-order valence-electron chi connectivity index (χ1n) is 5.52. The van der Waals surface area contributed by atoms with E-state index >= 15 is 0 Å². The molecule has 0 bridgehead atoms. The van der Waals surface area contributed by atoms with Gasteiger partial charge in [0.2, 0.25) is 5.91 Å². The second-order valence-electron chi connectivity index (χ2n) is 4.76. The monoisotopic (exact) mass is 216 g/mol. The molecule has 0 rings (SSSR count). The zero-order valence-electron chi connectivity index (χ0n) is 10.3. The zero-order valence-corrected chi connectivity index (χ0v) is 10.3. The first-order chi connectivity index (χ1) is 6.87. The molecular formula is C11H24N2O2. The SMILES string of the molecule is CC(C)NCCC(=O)NC(C)(C)CCO. The summed E-state index contributed by atoms with van der Waals surface area (Å²) in [6, 6.07) is 0.406. The summed E-state index contributed by atoms with van der Waals surface area (Å²) >= 11 is 0. The minimum Gasteiger partial charge on any atom is -0.396 e. The highest BCUT2D eigenvalue weighted by atomic mass is 16.3. The molecule has 0 unspecified atom stereocenters. The molecule has 0 heterocycles. The largest absolute Gasteiger partial charge is 0.396 e. The Morgan fingerprint density at radius 3 is 2.47 bits per heavy atom. The van der Waals surface area contributed by atoms with Crippen LogP contribution in [0.2, 0.25) is 0 Å². The smallest absolute Gasteiger partial charge is 0.221 e. The van der Waals surface area contributed by atoms with Crippen molar-refractivity contribution in [1.29, 1.82) is 0 Å². The Labute approximate surface area is 92.4 Å². The molecule has 0 fully saturated rings. The summed E-state index contributed by atoms with van der Waals surface area (Å²) in [7, 11) is 0. The minimum atomic E-state index is -0.316. The number of carbonyl (C=O) groups excluding carboxylic acids is 1. The van der Waals surface area contributed by atoms with Gasteiger partial charge in [0.1, 0.15) is 0 Å². The zero-order chi connectivity index (χ0) is 11.9. The highest BCUT2D eigenvalue weighted by molar-refractivity contribution is 5.76. The summed E-state index contributed by atoms with van der Waals surface area (Å²) in [4.78, 5) is 11.5. The lowest BCUT2D eigenvalue weighted by Crippen LogP contribution is -2.45. The third-order valence-electron chi connectivity index (χ3n) is 2.12. The Morgan fingerprint density at radius 2 is 2.00 bits per heavy atom. The number of hydrogen-bond acceptors (Lipinski definition) is 3. The van der Waals surface area contributed by atoms with Gasteiger partial charge >= 0.3 is 0 Å². The molecule has 3 N–H and O–H groups in total. The molecule has 0 aromatic rings.